The Kier molecular flexibility index (Phi) is 6.85. The van der Waals surface area contributed by atoms with E-state index >= 15 is 0 Å². The second-order valence-electron chi connectivity index (χ2n) is 4.38. The van der Waals surface area contributed by atoms with E-state index in [0.29, 0.717) is 12.4 Å². The largest absolute Gasteiger partial charge is 0.508 e. The van der Waals surface area contributed by atoms with Crippen LogP contribution in [0.25, 0.3) is 0 Å². The average Bonchev–Trinajstić information content (AvgIpc) is 2.53. The van der Waals surface area contributed by atoms with E-state index in [-0.39, 0.29) is 23.0 Å². The third-order valence-corrected chi connectivity index (χ3v) is 2.88. The summed E-state index contributed by atoms with van der Waals surface area (Å²) >= 11 is 0. The first-order valence-electron chi connectivity index (χ1n) is 6.67. The Balaban J connectivity index is 0.000000211. The Bertz CT molecular complexity index is 576. The first kappa shape index (κ1) is 17.5. The molecule has 0 aromatic heterocycles. The molecule has 2 aromatic carbocycles. The van der Waals surface area contributed by atoms with Gasteiger partial charge in [0.05, 0.1) is 6.61 Å². The van der Waals surface area contributed by atoms with Crippen LogP contribution >= 0.6 is 0 Å². The molecule has 0 aliphatic carbocycles. The fraction of sp³-hybridized carbons (Fsp3) is 0.250. The lowest BCUT2D eigenvalue weighted by atomic mass is 10.1. The van der Waals surface area contributed by atoms with Gasteiger partial charge in [-0.05, 0) is 25.0 Å². The minimum absolute atomic E-state index is 0.0492. The van der Waals surface area contributed by atoms with Gasteiger partial charge in [-0.3, -0.25) is 0 Å². The van der Waals surface area contributed by atoms with Gasteiger partial charge in [0.1, 0.15) is 17.2 Å². The van der Waals surface area contributed by atoms with Crippen LogP contribution in [-0.2, 0) is 6.42 Å². The number of aliphatic hydroxyl groups is 1. The number of aliphatic hydroxyl groups excluding tert-OH is 1. The first-order valence-corrected chi connectivity index (χ1v) is 6.67. The average molecular weight is 308 g/mol. The maximum atomic E-state index is 9.40. The lowest BCUT2D eigenvalue weighted by molar-refractivity contribution is 0.281. The van der Waals surface area contributed by atoms with E-state index in [4.69, 9.17) is 25.2 Å². The summed E-state index contributed by atoms with van der Waals surface area (Å²) in [5.74, 6) is 0.636. The van der Waals surface area contributed by atoms with Crippen molar-refractivity contribution >= 4 is 0 Å². The predicted molar refractivity (Wildman–Crippen MR) is 81.5 cm³/mol. The first-order chi connectivity index (χ1) is 10.6. The Morgan fingerprint density at radius 2 is 1.45 bits per heavy atom. The minimum atomic E-state index is -0.0764. The highest BCUT2D eigenvalue weighted by molar-refractivity contribution is 5.50. The van der Waals surface area contributed by atoms with Crippen LogP contribution in [0.3, 0.4) is 0 Å². The van der Waals surface area contributed by atoms with Crippen LogP contribution in [0.5, 0.6) is 28.7 Å². The molecule has 0 amide bonds. The molecule has 0 saturated carbocycles. The van der Waals surface area contributed by atoms with Crippen molar-refractivity contribution in [3.05, 3.63) is 42.0 Å². The third kappa shape index (κ3) is 4.75. The van der Waals surface area contributed by atoms with E-state index in [1.54, 1.807) is 12.1 Å². The molecule has 1 aliphatic heterocycles. The molecule has 0 saturated heterocycles. The smallest absolute Gasteiger partial charge is 0.157 e. The highest BCUT2D eigenvalue weighted by atomic mass is 16.5. The molecule has 0 spiro atoms. The monoisotopic (exact) mass is 308 g/mol. The molecule has 0 atom stereocenters. The van der Waals surface area contributed by atoms with E-state index in [0.717, 1.165) is 25.5 Å². The summed E-state index contributed by atoms with van der Waals surface area (Å²) in [6, 6.07) is 9.02. The standard InChI is InChI=1S/C9H10O3.C6H6O2.CH4O/c10-6-4-8(11)7-2-1-3-12-9(7)5-6;7-5-3-1-2-4-6(5)8;1-2/h4-5,10-11H,1-3H2;1-4,7-8H;2H,1H3. The van der Waals surface area contributed by atoms with Crippen molar-refractivity contribution in [2.75, 3.05) is 13.7 Å². The number of phenolic OH excluding ortho intramolecular Hbond substituents is 4. The maximum absolute atomic E-state index is 9.40. The molecule has 0 radical (unpaired) electrons. The molecule has 22 heavy (non-hydrogen) atoms. The number of aromatic hydroxyl groups is 4. The zero-order valence-electron chi connectivity index (χ0n) is 12.2. The van der Waals surface area contributed by atoms with E-state index in [1.165, 1.54) is 24.3 Å². The summed E-state index contributed by atoms with van der Waals surface area (Å²) in [5, 5.41) is 42.9. The predicted octanol–water partition coefficient (Wildman–Crippen LogP) is 2.13. The number of benzene rings is 2. The van der Waals surface area contributed by atoms with Crippen LogP contribution in [0.15, 0.2) is 36.4 Å². The molecule has 6 heteroatoms. The zero-order valence-corrected chi connectivity index (χ0v) is 12.2. The van der Waals surface area contributed by atoms with Crippen LogP contribution in [0, 0.1) is 0 Å². The fourth-order valence-corrected chi connectivity index (χ4v) is 1.89. The van der Waals surface area contributed by atoms with E-state index in [2.05, 4.69) is 0 Å². The van der Waals surface area contributed by atoms with Gasteiger partial charge in [-0.25, -0.2) is 0 Å². The Hall–Kier alpha value is -2.60. The van der Waals surface area contributed by atoms with Crippen LogP contribution in [-0.4, -0.2) is 39.2 Å². The molecule has 6 nitrogen and oxygen atoms in total. The van der Waals surface area contributed by atoms with Gasteiger partial charge in [0.15, 0.2) is 11.5 Å². The molecular weight excluding hydrogens is 288 g/mol. The lowest BCUT2D eigenvalue weighted by Crippen LogP contribution is -2.07. The van der Waals surface area contributed by atoms with Gasteiger partial charge in [0, 0.05) is 24.8 Å². The normalized spacial score (nSPS) is 11.7. The van der Waals surface area contributed by atoms with Gasteiger partial charge >= 0.3 is 0 Å². The van der Waals surface area contributed by atoms with Crippen molar-refractivity contribution in [3.8, 4) is 28.7 Å². The van der Waals surface area contributed by atoms with E-state index in [1.807, 2.05) is 0 Å². The van der Waals surface area contributed by atoms with Crippen LogP contribution < -0.4 is 4.74 Å². The molecule has 3 rings (SSSR count). The Morgan fingerprint density at radius 3 is 2.00 bits per heavy atom. The molecule has 2 aromatic rings. The quantitative estimate of drug-likeness (QED) is 0.477. The van der Waals surface area contributed by atoms with Crippen LogP contribution in [0.2, 0.25) is 0 Å². The molecule has 0 bridgehead atoms. The summed E-state index contributed by atoms with van der Waals surface area (Å²) in [6.07, 6.45) is 1.74. The van der Waals surface area contributed by atoms with Crippen molar-refractivity contribution in [2.45, 2.75) is 12.8 Å². The molecule has 1 heterocycles. The highest BCUT2D eigenvalue weighted by Crippen LogP contribution is 2.35. The SMILES string of the molecule is CO.Oc1cc(O)c2c(c1)OCCC2.Oc1ccccc1O. The maximum Gasteiger partial charge on any atom is 0.157 e. The van der Waals surface area contributed by atoms with Crippen molar-refractivity contribution in [1.82, 2.24) is 0 Å². The zero-order chi connectivity index (χ0) is 16.5. The fourth-order valence-electron chi connectivity index (χ4n) is 1.89. The summed E-state index contributed by atoms with van der Waals surface area (Å²) in [7, 11) is 1.00. The summed E-state index contributed by atoms with van der Waals surface area (Å²) in [5.41, 5.74) is 0.805. The molecule has 0 fully saturated rings. The van der Waals surface area contributed by atoms with Crippen LogP contribution in [0.1, 0.15) is 12.0 Å². The van der Waals surface area contributed by atoms with Gasteiger partial charge < -0.3 is 30.3 Å². The minimum Gasteiger partial charge on any atom is -0.508 e. The van der Waals surface area contributed by atoms with Gasteiger partial charge in [0.2, 0.25) is 0 Å². The number of hydrogen-bond donors (Lipinski definition) is 5. The summed E-state index contributed by atoms with van der Waals surface area (Å²) < 4.78 is 5.27. The van der Waals surface area contributed by atoms with E-state index in [9.17, 15) is 5.11 Å². The Morgan fingerprint density at radius 1 is 0.864 bits per heavy atom. The number of ether oxygens (including phenoxy) is 1. The molecule has 5 N–H and O–H groups in total. The second kappa shape index (κ2) is 8.63. The van der Waals surface area contributed by atoms with Crippen molar-refractivity contribution < 1.29 is 30.3 Å². The van der Waals surface area contributed by atoms with Crippen molar-refractivity contribution in [3.63, 3.8) is 0 Å². The van der Waals surface area contributed by atoms with E-state index < -0.39 is 0 Å². The molecule has 0 unspecified atom stereocenters. The van der Waals surface area contributed by atoms with Gasteiger partial charge in [-0.2, -0.15) is 0 Å². The van der Waals surface area contributed by atoms with Crippen molar-refractivity contribution in [2.24, 2.45) is 0 Å². The molecule has 1 aliphatic rings. The lowest BCUT2D eigenvalue weighted by Gasteiger charge is -2.17. The third-order valence-electron chi connectivity index (χ3n) is 2.88. The molecular formula is C16H20O6. The van der Waals surface area contributed by atoms with Gasteiger partial charge in [-0.1, -0.05) is 12.1 Å². The van der Waals surface area contributed by atoms with Gasteiger partial charge in [0.25, 0.3) is 0 Å². The van der Waals surface area contributed by atoms with Gasteiger partial charge in [-0.15, -0.1) is 0 Å². The second-order valence-corrected chi connectivity index (χ2v) is 4.38. The number of para-hydroxylation sites is 2. The number of rotatable bonds is 0. The van der Waals surface area contributed by atoms with Crippen molar-refractivity contribution in [1.29, 1.82) is 0 Å². The number of fused-ring (bicyclic) bond motifs is 1. The number of phenols is 4. The topological polar surface area (TPSA) is 110 Å². The Labute approximate surface area is 128 Å². The highest BCUT2D eigenvalue weighted by Gasteiger charge is 2.15. The summed E-state index contributed by atoms with van der Waals surface area (Å²) in [6.45, 7) is 0.663. The van der Waals surface area contributed by atoms with Crippen LogP contribution in [0.4, 0.5) is 0 Å². The number of hydrogen-bond acceptors (Lipinski definition) is 6. The molecule has 120 valence electrons. The summed E-state index contributed by atoms with van der Waals surface area (Å²) in [4.78, 5) is 0.